The van der Waals surface area contributed by atoms with E-state index in [4.69, 9.17) is 0 Å². The fourth-order valence-corrected chi connectivity index (χ4v) is 2.99. The lowest BCUT2D eigenvalue weighted by atomic mass is 9.84. The second-order valence-electron chi connectivity index (χ2n) is 6.29. The maximum atomic E-state index is 4.25. The summed E-state index contributed by atoms with van der Waals surface area (Å²) >= 11 is 0. The first-order chi connectivity index (χ1) is 8.45. The minimum atomic E-state index is 0.572. The molecule has 0 saturated carbocycles. The van der Waals surface area contributed by atoms with Crippen molar-refractivity contribution in [2.24, 2.45) is 11.8 Å². The monoisotopic (exact) mass is 249 g/mol. The number of hydrogen-bond donors (Lipinski definition) is 0. The smallest absolute Gasteiger partial charge is 0.0315 e. The van der Waals surface area contributed by atoms with Gasteiger partial charge in [-0.3, -0.25) is 4.90 Å². The van der Waals surface area contributed by atoms with Crippen molar-refractivity contribution in [1.82, 2.24) is 4.90 Å². The van der Waals surface area contributed by atoms with E-state index in [2.05, 4.69) is 52.3 Å². The van der Waals surface area contributed by atoms with Gasteiger partial charge in [0.2, 0.25) is 0 Å². The molecule has 0 amide bonds. The molecule has 1 aliphatic heterocycles. The van der Waals surface area contributed by atoms with E-state index in [1.807, 2.05) is 0 Å². The van der Waals surface area contributed by atoms with Crippen molar-refractivity contribution in [3.05, 3.63) is 23.8 Å². The molecule has 0 aliphatic carbocycles. The molecule has 1 heterocycles. The maximum absolute atomic E-state index is 4.25. The summed E-state index contributed by atoms with van der Waals surface area (Å²) in [5.74, 6) is 1.38. The van der Waals surface area contributed by atoms with Gasteiger partial charge in [-0.15, -0.1) is 0 Å². The van der Waals surface area contributed by atoms with Gasteiger partial charge >= 0.3 is 0 Å². The first-order valence-corrected chi connectivity index (χ1v) is 7.54. The Morgan fingerprint density at radius 1 is 1.50 bits per heavy atom. The molecular formula is C17H31N. The van der Waals surface area contributed by atoms with E-state index in [9.17, 15) is 0 Å². The molecule has 0 radical (unpaired) electrons. The predicted molar refractivity (Wildman–Crippen MR) is 81.8 cm³/mol. The Morgan fingerprint density at radius 3 is 2.72 bits per heavy atom. The summed E-state index contributed by atoms with van der Waals surface area (Å²) in [6, 6.07) is 0.572. The Kier molecular flexibility index (Phi) is 6.14. The number of nitrogens with zero attached hydrogens (tertiary/aromatic N) is 1. The highest BCUT2D eigenvalue weighted by Crippen LogP contribution is 2.29. The summed E-state index contributed by atoms with van der Waals surface area (Å²) in [6.45, 7) is 14.7. The van der Waals surface area contributed by atoms with Gasteiger partial charge in [0.1, 0.15) is 0 Å². The van der Waals surface area contributed by atoms with Gasteiger partial charge in [0.25, 0.3) is 0 Å². The van der Waals surface area contributed by atoms with Crippen LogP contribution in [0, 0.1) is 11.8 Å². The topological polar surface area (TPSA) is 3.24 Å². The SMILES string of the molecule is C=C(CCCC)CC1C=C(C(C)C)C(C)CN1C. The summed E-state index contributed by atoms with van der Waals surface area (Å²) in [4.78, 5) is 2.49. The van der Waals surface area contributed by atoms with E-state index < -0.39 is 0 Å². The molecule has 0 N–H and O–H groups in total. The molecule has 2 unspecified atom stereocenters. The van der Waals surface area contributed by atoms with Crippen LogP contribution in [0.3, 0.4) is 0 Å². The summed E-state index contributed by atoms with van der Waals surface area (Å²) < 4.78 is 0. The molecule has 104 valence electrons. The first-order valence-electron chi connectivity index (χ1n) is 7.54. The third-order valence-electron chi connectivity index (χ3n) is 4.13. The quantitative estimate of drug-likeness (QED) is 0.619. The fourth-order valence-electron chi connectivity index (χ4n) is 2.99. The van der Waals surface area contributed by atoms with Crippen molar-refractivity contribution in [3.8, 4) is 0 Å². The zero-order valence-corrected chi connectivity index (χ0v) is 13.0. The maximum Gasteiger partial charge on any atom is 0.0315 e. The highest BCUT2D eigenvalue weighted by molar-refractivity contribution is 5.18. The van der Waals surface area contributed by atoms with Gasteiger partial charge in [0, 0.05) is 12.6 Å². The van der Waals surface area contributed by atoms with Crippen LogP contribution in [-0.4, -0.2) is 24.5 Å². The summed E-state index contributed by atoms with van der Waals surface area (Å²) in [5.41, 5.74) is 3.06. The predicted octanol–water partition coefficient (Wildman–Crippen LogP) is 4.66. The molecule has 2 atom stereocenters. The van der Waals surface area contributed by atoms with E-state index in [-0.39, 0.29) is 0 Å². The van der Waals surface area contributed by atoms with Gasteiger partial charge in [-0.1, -0.05) is 57.9 Å². The highest BCUT2D eigenvalue weighted by atomic mass is 15.1. The Hall–Kier alpha value is -0.560. The van der Waals surface area contributed by atoms with Crippen molar-refractivity contribution in [2.45, 2.75) is 59.4 Å². The van der Waals surface area contributed by atoms with Crippen LogP contribution in [0.25, 0.3) is 0 Å². The average Bonchev–Trinajstić information content (AvgIpc) is 2.29. The van der Waals surface area contributed by atoms with Crippen LogP contribution in [0.5, 0.6) is 0 Å². The fraction of sp³-hybridized carbons (Fsp3) is 0.765. The third-order valence-corrected chi connectivity index (χ3v) is 4.13. The van der Waals surface area contributed by atoms with Crippen molar-refractivity contribution >= 4 is 0 Å². The van der Waals surface area contributed by atoms with E-state index >= 15 is 0 Å². The Bertz CT molecular complexity index is 301. The van der Waals surface area contributed by atoms with E-state index in [0.717, 1.165) is 6.42 Å². The van der Waals surface area contributed by atoms with Crippen LogP contribution >= 0.6 is 0 Å². The summed E-state index contributed by atoms with van der Waals surface area (Å²) in [5, 5.41) is 0. The standard InChI is InChI=1S/C17H31N/c1-7-8-9-14(4)10-16-11-17(13(2)3)15(5)12-18(16)6/h11,13,15-16H,4,7-10,12H2,1-3,5-6H3. The molecule has 1 rings (SSSR count). The van der Waals surface area contributed by atoms with Gasteiger partial charge in [-0.2, -0.15) is 0 Å². The minimum Gasteiger partial charge on any atom is -0.299 e. The van der Waals surface area contributed by atoms with Crippen LogP contribution in [0.1, 0.15) is 53.4 Å². The van der Waals surface area contributed by atoms with Crippen LogP contribution in [0.15, 0.2) is 23.8 Å². The van der Waals surface area contributed by atoms with Gasteiger partial charge in [0.05, 0.1) is 0 Å². The molecule has 1 aliphatic rings. The average molecular weight is 249 g/mol. The molecule has 0 aromatic rings. The van der Waals surface area contributed by atoms with E-state index in [1.54, 1.807) is 5.57 Å². The Labute approximate surface area is 114 Å². The van der Waals surface area contributed by atoms with Crippen LogP contribution < -0.4 is 0 Å². The lowest BCUT2D eigenvalue weighted by molar-refractivity contribution is 0.228. The molecule has 0 spiro atoms. The van der Waals surface area contributed by atoms with Crippen LogP contribution in [0.2, 0.25) is 0 Å². The van der Waals surface area contributed by atoms with Crippen LogP contribution in [0.4, 0.5) is 0 Å². The molecule has 0 fully saturated rings. The Balaban J connectivity index is 2.65. The summed E-state index contributed by atoms with van der Waals surface area (Å²) in [6.07, 6.45) is 7.40. The molecule has 1 nitrogen and oxygen atoms in total. The number of unbranched alkanes of at least 4 members (excludes halogenated alkanes) is 1. The number of rotatable bonds is 6. The van der Waals surface area contributed by atoms with Crippen LogP contribution in [-0.2, 0) is 0 Å². The number of hydrogen-bond acceptors (Lipinski definition) is 1. The molecular weight excluding hydrogens is 218 g/mol. The molecule has 1 heteroatoms. The first kappa shape index (κ1) is 15.5. The van der Waals surface area contributed by atoms with E-state index in [1.165, 1.54) is 31.4 Å². The van der Waals surface area contributed by atoms with E-state index in [0.29, 0.717) is 17.9 Å². The highest BCUT2D eigenvalue weighted by Gasteiger charge is 2.25. The molecule has 0 aromatic carbocycles. The second kappa shape index (κ2) is 7.13. The summed E-state index contributed by atoms with van der Waals surface area (Å²) in [7, 11) is 2.25. The molecule has 0 saturated heterocycles. The van der Waals surface area contributed by atoms with Crippen molar-refractivity contribution < 1.29 is 0 Å². The van der Waals surface area contributed by atoms with Crippen molar-refractivity contribution in [2.75, 3.05) is 13.6 Å². The lowest BCUT2D eigenvalue weighted by Gasteiger charge is -2.37. The molecule has 0 bridgehead atoms. The van der Waals surface area contributed by atoms with Crippen molar-refractivity contribution in [1.29, 1.82) is 0 Å². The van der Waals surface area contributed by atoms with Gasteiger partial charge in [-0.05, 0) is 38.1 Å². The zero-order chi connectivity index (χ0) is 13.7. The zero-order valence-electron chi connectivity index (χ0n) is 13.0. The molecule has 0 aromatic heterocycles. The lowest BCUT2D eigenvalue weighted by Crippen LogP contribution is -2.39. The third kappa shape index (κ3) is 4.28. The van der Waals surface area contributed by atoms with Gasteiger partial charge < -0.3 is 0 Å². The largest absolute Gasteiger partial charge is 0.299 e. The second-order valence-corrected chi connectivity index (χ2v) is 6.29. The van der Waals surface area contributed by atoms with Gasteiger partial charge in [-0.25, -0.2) is 0 Å². The molecule has 18 heavy (non-hydrogen) atoms. The normalized spacial score (nSPS) is 25.3. The van der Waals surface area contributed by atoms with Gasteiger partial charge in [0.15, 0.2) is 0 Å². The minimum absolute atomic E-state index is 0.572. The Morgan fingerprint density at radius 2 is 2.17 bits per heavy atom. The van der Waals surface area contributed by atoms with Crippen molar-refractivity contribution in [3.63, 3.8) is 0 Å². The number of likely N-dealkylation sites (N-methyl/N-ethyl adjacent to an activating group) is 1.